The van der Waals surface area contributed by atoms with Gasteiger partial charge in [-0.25, -0.2) is 4.57 Å². The van der Waals surface area contributed by atoms with Gasteiger partial charge in [-0.2, -0.15) is 0 Å². The van der Waals surface area contributed by atoms with Crippen molar-refractivity contribution in [3.8, 4) is 0 Å². The lowest BCUT2D eigenvalue weighted by molar-refractivity contribution is -0.396. The van der Waals surface area contributed by atoms with Gasteiger partial charge in [-0.3, -0.25) is 0 Å². The number of aromatic nitrogens is 2. The molecule has 0 aliphatic carbocycles. The Morgan fingerprint density at radius 1 is 1.75 bits per heavy atom. The van der Waals surface area contributed by atoms with Gasteiger partial charge in [0.2, 0.25) is 0 Å². The van der Waals surface area contributed by atoms with Gasteiger partial charge in [-0.1, -0.05) is 4.98 Å². The standard InChI is InChI=1S/C5H8N4O2.ClH/c6-1-3-8-4-2-7-5(8)9(10)11;/h2,4H,1,3,6H2;1H. The molecule has 0 bridgehead atoms. The summed E-state index contributed by atoms with van der Waals surface area (Å²) in [6.07, 6.45) is 2.92. The molecule has 12 heavy (non-hydrogen) atoms. The molecule has 0 fully saturated rings. The van der Waals surface area contributed by atoms with Crippen LogP contribution in [0.3, 0.4) is 0 Å². The highest BCUT2D eigenvalue weighted by atomic mass is 35.5. The summed E-state index contributed by atoms with van der Waals surface area (Å²) in [5.41, 5.74) is 5.22. The zero-order valence-electron chi connectivity index (χ0n) is 6.21. The predicted molar refractivity (Wildman–Crippen MR) is 45.2 cm³/mol. The van der Waals surface area contributed by atoms with Crippen molar-refractivity contribution in [3.05, 3.63) is 22.5 Å². The minimum atomic E-state index is -0.532. The maximum absolute atomic E-state index is 10.2. The molecule has 0 spiro atoms. The quantitative estimate of drug-likeness (QED) is 0.546. The van der Waals surface area contributed by atoms with Crippen LogP contribution in [0.4, 0.5) is 5.95 Å². The molecule has 0 amide bonds. The van der Waals surface area contributed by atoms with E-state index in [0.29, 0.717) is 13.1 Å². The van der Waals surface area contributed by atoms with Crippen LogP contribution >= 0.6 is 12.4 Å². The fourth-order valence-electron chi connectivity index (χ4n) is 0.787. The normalized spacial score (nSPS) is 9.08. The monoisotopic (exact) mass is 192 g/mol. The SMILES string of the molecule is Cl.NCCn1ccnc1[N+](=O)[O-]. The minimum Gasteiger partial charge on any atom is -0.390 e. The molecule has 0 saturated carbocycles. The molecule has 1 aromatic rings. The van der Waals surface area contributed by atoms with Crippen LogP contribution in [0.25, 0.3) is 0 Å². The van der Waals surface area contributed by atoms with Crippen LogP contribution in [0.5, 0.6) is 0 Å². The number of hydrogen-bond acceptors (Lipinski definition) is 4. The lowest BCUT2D eigenvalue weighted by atomic mass is 10.6. The van der Waals surface area contributed by atoms with Crippen molar-refractivity contribution in [2.75, 3.05) is 6.54 Å². The van der Waals surface area contributed by atoms with Gasteiger partial charge in [0.1, 0.15) is 12.4 Å². The van der Waals surface area contributed by atoms with Crippen LogP contribution in [0, 0.1) is 10.1 Å². The summed E-state index contributed by atoms with van der Waals surface area (Å²) in [7, 11) is 0. The third-order valence-corrected chi connectivity index (χ3v) is 1.23. The second kappa shape index (κ2) is 4.68. The van der Waals surface area contributed by atoms with Crippen molar-refractivity contribution >= 4 is 18.4 Å². The van der Waals surface area contributed by atoms with Crippen LogP contribution < -0.4 is 5.73 Å². The average molecular weight is 193 g/mol. The fourth-order valence-corrected chi connectivity index (χ4v) is 0.787. The number of hydrogen-bond donors (Lipinski definition) is 1. The number of nitrogens with zero attached hydrogens (tertiary/aromatic N) is 3. The van der Waals surface area contributed by atoms with Crippen molar-refractivity contribution in [3.63, 3.8) is 0 Å². The molecule has 0 unspecified atom stereocenters. The summed E-state index contributed by atoms with van der Waals surface area (Å²) in [6, 6.07) is 0. The molecule has 0 aromatic carbocycles. The van der Waals surface area contributed by atoms with Crippen molar-refractivity contribution in [1.29, 1.82) is 0 Å². The van der Waals surface area contributed by atoms with Crippen molar-refractivity contribution in [1.82, 2.24) is 9.55 Å². The van der Waals surface area contributed by atoms with E-state index in [1.807, 2.05) is 0 Å². The Balaban J connectivity index is 0.00000121. The first-order valence-electron chi connectivity index (χ1n) is 3.11. The highest BCUT2D eigenvalue weighted by molar-refractivity contribution is 5.85. The number of nitrogens with two attached hydrogens (primary N) is 1. The molecule has 0 radical (unpaired) electrons. The molecular formula is C5H9ClN4O2. The largest absolute Gasteiger partial charge is 0.434 e. The first kappa shape index (κ1) is 10.9. The smallest absolute Gasteiger partial charge is 0.390 e. The van der Waals surface area contributed by atoms with Crippen LogP contribution in [-0.4, -0.2) is 21.0 Å². The first-order chi connectivity index (χ1) is 5.25. The zero-order valence-corrected chi connectivity index (χ0v) is 7.03. The van der Waals surface area contributed by atoms with Crippen LogP contribution in [0.2, 0.25) is 0 Å². The molecular weight excluding hydrogens is 184 g/mol. The summed E-state index contributed by atoms with van der Waals surface area (Å²) in [4.78, 5) is 13.2. The maximum atomic E-state index is 10.2. The molecule has 0 saturated heterocycles. The van der Waals surface area contributed by atoms with Gasteiger partial charge in [0.25, 0.3) is 0 Å². The van der Waals surface area contributed by atoms with E-state index in [1.54, 1.807) is 0 Å². The number of imidazole rings is 1. The second-order valence-corrected chi connectivity index (χ2v) is 1.97. The Hall–Kier alpha value is -1.14. The van der Waals surface area contributed by atoms with E-state index >= 15 is 0 Å². The average Bonchev–Trinajstić information content (AvgIpc) is 2.36. The summed E-state index contributed by atoms with van der Waals surface area (Å²) in [6.45, 7) is 0.799. The van der Waals surface area contributed by atoms with E-state index < -0.39 is 4.92 Å². The van der Waals surface area contributed by atoms with E-state index in [9.17, 15) is 10.1 Å². The molecule has 1 heterocycles. The highest BCUT2D eigenvalue weighted by Gasteiger charge is 2.11. The number of halogens is 1. The minimum absolute atomic E-state index is 0. The van der Waals surface area contributed by atoms with Gasteiger partial charge < -0.3 is 15.8 Å². The zero-order chi connectivity index (χ0) is 8.27. The third kappa shape index (κ3) is 2.18. The summed E-state index contributed by atoms with van der Waals surface area (Å²) < 4.78 is 1.40. The van der Waals surface area contributed by atoms with Crippen molar-refractivity contribution in [2.45, 2.75) is 6.54 Å². The molecule has 6 nitrogen and oxygen atoms in total. The molecule has 0 aliphatic heterocycles. The van der Waals surface area contributed by atoms with E-state index in [2.05, 4.69) is 4.98 Å². The van der Waals surface area contributed by atoms with Crippen molar-refractivity contribution < 1.29 is 4.92 Å². The Labute approximate surface area is 74.9 Å². The molecule has 0 aliphatic rings. The van der Waals surface area contributed by atoms with Gasteiger partial charge in [0.15, 0.2) is 0 Å². The van der Waals surface area contributed by atoms with Crippen LogP contribution in [-0.2, 0) is 6.54 Å². The Morgan fingerprint density at radius 2 is 2.42 bits per heavy atom. The van der Waals surface area contributed by atoms with Gasteiger partial charge in [0, 0.05) is 6.54 Å². The lowest BCUT2D eigenvalue weighted by Gasteiger charge is -1.96. The third-order valence-electron chi connectivity index (χ3n) is 1.23. The van der Waals surface area contributed by atoms with Crippen LogP contribution in [0.15, 0.2) is 12.4 Å². The van der Waals surface area contributed by atoms with Crippen LogP contribution in [0.1, 0.15) is 0 Å². The van der Waals surface area contributed by atoms with E-state index in [-0.39, 0.29) is 18.4 Å². The fraction of sp³-hybridized carbons (Fsp3) is 0.400. The topological polar surface area (TPSA) is 87.0 Å². The second-order valence-electron chi connectivity index (χ2n) is 1.97. The first-order valence-corrected chi connectivity index (χ1v) is 3.11. The van der Waals surface area contributed by atoms with Gasteiger partial charge in [0.05, 0.1) is 6.54 Å². The summed E-state index contributed by atoms with van der Waals surface area (Å²) in [5, 5.41) is 10.2. The molecule has 1 aromatic heterocycles. The van der Waals surface area contributed by atoms with E-state index in [0.717, 1.165) is 0 Å². The van der Waals surface area contributed by atoms with Gasteiger partial charge >= 0.3 is 5.95 Å². The van der Waals surface area contributed by atoms with Gasteiger partial charge in [-0.05, 0) is 4.92 Å². The Bertz CT molecular complexity index is 262. The molecule has 2 N–H and O–H groups in total. The van der Waals surface area contributed by atoms with Crippen molar-refractivity contribution in [2.24, 2.45) is 5.73 Å². The van der Waals surface area contributed by atoms with Gasteiger partial charge in [-0.15, -0.1) is 12.4 Å². The maximum Gasteiger partial charge on any atom is 0.434 e. The molecule has 68 valence electrons. The summed E-state index contributed by atoms with van der Waals surface area (Å²) in [5.74, 6) is -0.157. The Morgan fingerprint density at radius 3 is 2.92 bits per heavy atom. The molecule has 7 heteroatoms. The molecule has 1 rings (SSSR count). The van der Waals surface area contributed by atoms with E-state index in [1.165, 1.54) is 17.0 Å². The highest BCUT2D eigenvalue weighted by Crippen LogP contribution is 2.05. The number of nitro groups is 1. The number of rotatable bonds is 3. The lowest BCUT2D eigenvalue weighted by Crippen LogP contribution is -2.11. The Kier molecular flexibility index (Phi) is 4.24. The molecule has 0 atom stereocenters. The summed E-state index contributed by atoms with van der Waals surface area (Å²) >= 11 is 0. The van der Waals surface area contributed by atoms with E-state index in [4.69, 9.17) is 5.73 Å². The predicted octanol–water partition coefficient (Wildman–Crippen LogP) is 0.172.